The number of likely N-dealkylation sites (tertiary alicyclic amines) is 2. The fraction of sp³-hybridized carbons (Fsp3) is 0.556. The van der Waals surface area contributed by atoms with Gasteiger partial charge in [0, 0.05) is 59.8 Å². The molecule has 3 aliphatic rings. The summed E-state index contributed by atoms with van der Waals surface area (Å²) < 4.78 is 13.3. The fourth-order valence-electron chi connectivity index (χ4n) is 9.47. The lowest BCUT2D eigenvalue weighted by molar-refractivity contribution is -0.139. The summed E-state index contributed by atoms with van der Waals surface area (Å²) in [4.78, 5) is 57.5. The van der Waals surface area contributed by atoms with E-state index in [4.69, 9.17) is 20.3 Å². The fourth-order valence-corrected chi connectivity index (χ4v) is 9.47. The zero-order valence-corrected chi connectivity index (χ0v) is 34.3. The lowest BCUT2D eigenvalue weighted by atomic mass is 9.95. The maximum Gasteiger partial charge on any atom is 0.245 e. The number of nitrogens with zero attached hydrogens (tertiary/aromatic N) is 2. The summed E-state index contributed by atoms with van der Waals surface area (Å²) in [5, 5.41) is 7.95. The number of nitrogens with two attached hydrogens (primary N) is 2. The molecule has 1 saturated carbocycles. The highest BCUT2D eigenvalue weighted by atomic mass is 16.3. The Hall–Kier alpha value is -4.68. The van der Waals surface area contributed by atoms with Crippen LogP contribution in [0.3, 0.4) is 0 Å². The molecule has 2 aliphatic heterocycles. The summed E-state index contributed by atoms with van der Waals surface area (Å²) in [7, 11) is 0. The SMILES string of the molecule is CC(C)[C@H](NC(=O)[C@H](C)N)C(=O)N1CCC[C@H]1Cc1c(CCc2oc3ccccc3c2C2CC23CCCN3C(=O)[C@@H](NC(=O)[C@H](C)N)C(C)C)oc2ccccc12. The van der Waals surface area contributed by atoms with Gasteiger partial charge in [-0.1, -0.05) is 64.1 Å². The monoisotopic (exact) mass is 780 g/mol. The van der Waals surface area contributed by atoms with Crippen molar-refractivity contribution in [3.63, 3.8) is 0 Å². The molecule has 2 aromatic heterocycles. The Bertz CT molecular complexity index is 2130. The molecule has 1 aliphatic carbocycles. The van der Waals surface area contributed by atoms with Gasteiger partial charge in [0.1, 0.15) is 34.8 Å². The van der Waals surface area contributed by atoms with Crippen LogP contribution in [0.15, 0.2) is 57.4 Å². The summed E-state index contributed by atoms with van der Waals surface area (Å²) in [6.07, 6.45) is 6.20. The van der Waals surface area contributed by atoms with Crippen LogP contribution in [0, 0.1) is 11.8 Å². The van der Waals surface area contributed by atoms with E-state index in [1.165, 1.54) is 0 Å². The number of hydrogen-bond acceptors (Lipinski definition) is 8. The molecule has 7 rings (SSSR count). The summed E-state index contributed by atoms with van der Waals surface area (Å²) in [6, 6.07) is 13.5. The van der Waals surface area contributed by atoms with Gasteiger partial charge >= 0.3 is 0 Å². The van der Waals surface area contributed by atoms with Gasteiger partial charge < -0.3 is 40.7 Å². The molecule has 7 atom stereocenters. The third-order valence-corrected chi connectivity index (χ3v) is 12.6. The van der Waals surface area contributed by atoms with E-state index >= 15 is 0 Å². The number of fused-ring (bicyclic) bond motifs is 2. The van der Waals surface area contributed by atoms with E-state index in [0.29, 0.717) is 32.4 Å². The van der Waals surface area contributed by atoms with E-state index in [1.807, 2.05) is 73.9 Å². The number of aryl methyl sites for hydroxylation is 2. The van der Waals surface area contributed by atoms with Gasteiger partial charge in [-0.25, -0.2) is 0 Å². The number of benzene rings is 2. The predicted octanol–water partition coefficient (Wildman–Crippen LogP) is 5.32. The van der Waals surface area contributed by atoms with Gasteiger partial charge in [-0.2, -0.15) is 0 Å². The van der Waals surface area contributed by atoms with Crippen molar-refractivity contribution in [2.75, 3.05) is 13.1 Å². The van der Waals surface area contributed by atoms with E-state index in [9.17, 15) is 19.2 Å². The first-order valence-electron chi connectivity index (χ1n) is 20.9. The van der Waals surface area contributed by atoms with Gasteiger partial charge in [0.2, 0.25) is 23.6 Å². The van der Waals surface area contributed by atoms with Gasteiger partial charge in [-0.3, -0.25) is 19.2 Å². The molecular weight excluding hydrogens is 721 g/mol. The number of hydrogen-bond donors (Lipinski definition) is 4. The summed E-state index contributed by atoms with van der Waals surface area (Å²) in [5.74, 6) is 0.913. The minimum absolute atomic E-state index is 0.0443. The van der Waals surface area contributed by atoms with E-state index in [2.05, 4.69) is 22.8 Å². The largest absolute Gasteiger partial charge is 0.461 e. The van der Waals surface area contributed by atoms with Crippen LogP contribution in [0.5, 0.6) is 0 Å². The molecule has 0 radical (unpaired) electrons. The quantitative estimate of drug-likeness (QED) is 0.133. The first-order valence-corrected chi connectivity index (χ1v) is 20.9. The normalized spacial score (nSPS) is 22.8. The number of para-hydroxylation sites is 2. The van der Waals surface area contributed by atoms with Crippen LogP contribution in [0.25, 0.3) is 21.9 Å². The second-order valence-electron chi connectivity index (χ2n) is 17.5. The van der Waals surface area contributed by atoms with Crippen molar-refractivity contribution in [1.82, 2.24) is 20.4 Å². The van der Waals surface area contributed by atoms with Gasteiger partial charge in [0.25, 0.3) is 0 Å². The van der Waals surface area contributed by atoms with E-state index in [-0.39, 0.29) is 53.0 Å². The average Bonchev–Trinajstić information content (AvgIpc) is 3.62. The number of carbonyl (C=O) groups excluding carboxylic acids is 4. The molecule has 12 nitrogen and oxygen atoms in total. The van der Waals surface area contributed by atoms with E-state index in [0.717, 1.165) is 76.7 Å². The maximum absolute atomic E-state index is 14.2. The van der Waals surface area contributed by atoms with Crippen LogP contribution in [0.1, 0.15) is 102 Å². The third-order valence-electron chi connectivity index (χ3n) is 12.6. The maximum atomic E-state index is 14.2. The van der Waals surface area contributed by atoms with Crippen molar-refractivity contribution in [2.45, 2.75) is 135 Å². The molecule has 4 amide bonds. The van der Waals surface area contributed by atoms with Crippen molar-refractivity contribution < 1.29 is 28.0 Å². The third kappa shape index (κ3) is 7.82. The Balaban J connectivity index is 1.15. The topological polar surface area (TPSA) is 177 Å². The summed E-state index contributed by atoms with van der Waals surface area (Å²) in [6.45, 7) is 12.3. The van der Waals surface area contributed by atoms with Gasteiger partial charge in [-0.15, -0.1) is 0 Å². The second-order valence-corrected chi connectivity index (χ2v) is 17.5. The molecule has 306 valence electrons. The molecule has 2 saturated heterocycles. The van der Waals surface area contributed by atoms with Crippen LogP contribution < -0.4 is 22.1 Å². The minimum Gasteiger partial charge on any atom is -0.461 e. The van der Waals surface area contributed by atoms with Crippen molar-refractivity contribution in [1.29, 1.82) is 0 Å². The number of nitrogens with one attached hydrogen (secondary N) is 2. The highest BCUT2D eigenvalue weighted by molar-refractivity contribution is 5.92. The second kappa shape index (κ2) is 16.3. The Kier molecular flexibility index (Phi) is 11.6. The van der Waals surface area contributed by atoms with Crippen molar-refractivity contribution in [3.8, 4) is 0 Å². The first-order chi connectivity index (χ1) is 27.2. The Morgan fingerprint density at radius 3 is 1.95 bits per heavy atom. The molecule has 6 N–H and O–H groups in total. The average molecular weight is 781 g/mol. The highest BCUT2D eigenvalue weighted by Crippen LogP contribution is 2.63. The lowest BCUT2D eigenvalue weighted by Crippen LogP contribution is -2.55. The van der Waals surface area contributed by atoms with Gasteiger partial charge in [-0.05, 0) is 76.3 Å². The molecule has 0 bridgehead atoms. The Labute approximate surface area is 335 Å². The molecule has 3 fully saturated rings. The number of furan rings is 2. The summed E-state index contributed by atoms with van der Waals surface area (Å²) >= 11 is 0. The molecule has 2 unspecified atom stereocenters. The molecule has 2 aromatic carbocycles. The zero-order valence-electron chi connectivity index (χ0n) is 34.3. The smallest absolute Gasteiger partial charge is 0.245 e. The van der Waals surface area contributed by atoms with Crippen LogP contribution in [-0.2, 0) is 38.4 Å². The Morgan fingerprint density at radius 1 is 0.754 bits per heavy atom. The van der Waals surface area contributed by atoms with E-state index < -0.39 is 24.2 Å². The van der Waals surface area contributed by atoms with Crippen molar-refractivity contribution in [2.24, 2.45) is 23.3 Å². The first kappa shape index (κ1) is 40.5. The number of amides is 4. The van der Waals surface area contributed by atoms with Crippen LogP contribution in [0.4, 0.5) is 0 Å². The molecule has 12 heteroatoms. The molecule has 1 spiro atoms. The standard InChI is InChI=1S/C45H60N6O6/c1-25(2)39(48-41(52)27(5)46)43(54)50-21-11-13-29(50)23-32-30-14-7-9-16-34(30)56-36(32)18-19-37-38(31-15-8-10-17-35(31)57-37)33-24-45(33)20-12-22-51(45)44(55)40(26(3)4)49-42(53)28(6)47/h7-10,14-17,25-29,33,39-40H,11-13,18-24,46-47H2,1-6H3,(H,48,52)(H,49,53)/t27-,28-,29-,33?,39-,40-,45?/m0/s1. The Morgan fingerprint density at radius 2 is 1.32 bits per heavy atom. The van der Waals surface area contributed by atoms with Crippen molar-refractivity contribution >= 4 is 45.6 Å². The highest BCUT2D eigenvalue weighted by Gasteiger charge is 2.63. The molecule has 57 heavy (non-hydrogen) atoms. The molecule has 4 heterocycles. The predicted molar refractivity (Wildman–Crippen MR) is 220 cm³/mol. The van der Waals surface area contributed by atoms with Gasteiger partial charge in [0.05, 0.1) is 17.6 Å². The van der Waals surface area contributed by atoms with Crippen molar-refractivity contribution in [3.05, 3.63) is 71.2 Å². The number of rotatable bonds is 14. The summed E-state index contributed by atoms with van der Waals surface area (Å²) in [5.41, 5.74) is 15.3. The van der Waals surface area contributed by atoms with Gasteiger partial charge in [0.15, 0.2) is 0 Å². The van der Waals surface area contributed by atoms with Crippen LogP contribution in [0.2, 0.25) is 0 Å². The van der Waals surface area contributed by atoms with Crippen LogP contribution in [-0.4, -0.2) is 82.3 Å². The minimum atomic E-state index is -0.706. The molecular formula is C45H60N6O6. The lowest BCUT2D eigenvalue weighted by Gasteiger charge is -2.32. The number of carbonyl (C=O) groups is 4. The molecule has 4 aromatic rings. The van der Waals surface area contributed by atoms with E-state index in [1.54, 1.807) is 13.8 Å². The zero-order chi connectivity index (χ0) is 40.8. The van der Waals surface area contributed by atoms with Crippen LogP contribution >= 0.6 is 0 Å².